The normalized spacial score (nSPS) is 10.6. The molecule has 0 saturated heterocycles. The fourth-order valence-electron chi connectivity index (χ4n) is 0.954. The monoisotopic (exact) mass is 217 g/mol. The zero-order valence-corrected chi connectivity index (χ0v) is 7.92. The lowest BCUT2D eigenvalue weighted by molar-refractivity contribution is 0.637. The lowest BCUT2D eigenvalue weighted by Gasteiger charge is -1.89. The molecule has 0 fully saturated rings. The fourth-order valence-corrected chi connectivity index (χ4v) is 1.99. The number of rotatable bonds is 1. The zero-order chi connectivity index (χ0) is 9.42. The summed E-state index contributed by atoms with van der Waals surface area (Å²) in [4.78, 5) is 0.687. The second-order valence-electron chi connectivity index (χ2n) is 2.40. The largest absolute Gasteiger partial charge is 0.380 e. The molecule has 0 atom stereocenters. The van der Waals surface area contributed by atoms with Gasteiger partial charge in [-0.3, -0.25) is 5.10 Å². The van der Waals surface area contributed by atoms with E-state index in [1.165, 1.54) is 11.3 Å². The van der Waals surface area contributed by atoms with Crippen molar-refractivity contribution in [3.8, 4) is 10.6 Å². The molecule has 3 nitrogen and oxygen atoms in total. The summed E-state index contributed by atoms with van der Waals surface area (Å²) in [6, 6.07) is 3.40. The second kappa shape index (κ2) is 3.01. The van der Waals surface area contributed by atoms with Gasteiger partial charge in [-0.05, 0) is 12.1 Å². The predicted octanol–water partition coefficient (Wildman–Crippen LogP) is 2.51. The standard InChI is InChI=1S/C7H5ClFN3S/c8-4-2-1-3(13-4)6-5(9)7(10)12-11-6/h1-2H,(H3,10,11,12). The van der Waals surface area contributed by atoms with Crippen LogP contribution in [0.25, 0.3) is 10.6 Å². The predicted molar refractivity (Wildman–Crippen MR) is 51.3 cm³/mol. The minimum atomic E-state index is -0.529. The smallest absolute Gasteiger partial charge is 0.193 e. The summed E-state index contributed by atoms with van der Waals surface area (Å²) >= 11 is 6.97. The first-order chi connectivity index (χ1) is 6.18. The number of nitrogens with two attached hydrogens (primary N) is 1. The molecule has 0 unspecified atom stereocenters. The van der Waals surface area contributed by atoms with Crippen molar-refractivity contribution in [2.45, 2.75) is 0 Å². The van der Waals surface area contributed by atoms with Gasteiger partial charge in [0.25, 0.3) is 0 Å². The number of thiophene rings is 1. The average molecular weight is 218 g/mol. The van der Waals surface area contributed by atoms with Gasteiger partial charge in [-0.2, -0.15) is 5.10 Å². The molecule has 2 aromatic rings. The van der Waals surface area contributed by atoms with Gasteiger partial charge in [-0.25, -0.2) is 4.39 Å². The Hall–Kier alpha value is -1.07. The molecule has 0 radical (unpaired) electrons. The van der Waals surface area contributed by atoms with Crippen molar-refractivity contribution in [3.63, 3.8) is 0 Å². The number of hydrogen-bond donors (Lipinski definition) is 2. The summed E-state index contributed by atoms with van der Waals surface area (Å²) in [6.07, 6.45) is 0. The number of anilines is 1. The van der Waals surface area contributed by atoms with Gasteiger partial charge in [0.2, 0.25) is 0 Å². The van der Waals surface area contributed by atoms with Crippen molar-refractivity contribution in [2.75, 3.05) is 5.73 Å². The molecular weight excluding hydrogens is 213 g/mol. The first-order valence-corrected chi connectivity index (χ1v) is 4.63. The number of nitrogens with zero attached hydrogens (tertiary/aromatic N) is 1. The molecule has 0 bridgehead atoms. The number of halogens is 2. The molecule has 0 spiro atoms. The van der Waals surface area contributed by atoms with E-state index >= 15 is 0 Å². The molecule has 0 aliphatic carbocycles. The van der Waals surface area contributed by atoms with E-state index in [0.29, 0.717) is 9.21 Å². The Balaban J connectivity index is 2.52. The van der Waals surface area contributed by atoms with Crippen LogP contribution in [0.5, 0.6) is 0 Å². The van der Waals surface area contributed by atoms with E-state index in [0.717, 1.165) is 0 Å². The van der Waals surface area contributed by atoms with Crippen LogP contribution in [0.4, 0.5) is 10.2 Å². The Kier molecular flexibility index (Phi) is 1.97. The highest BCUT2D eigenvalue weighted by Crippen LogP contribution is 2.32. The van der Waals surface area contributed by atoms with E-state index < -0.39 is 5.82 Å². The number of aromatic amines is 1. The number of aromatic nitrogens is 2. The molecule has 0 amide bonds. The highest BCUT2D eigenvalue weighted by atomic mass is 35.5. The molecule has 0 aromatic carbocycles. The van der Waals surface area contributed by atoms with Crippen LogP contribution >= 0.6 is 22.9 Å². The first kappa shape index (κ1) is 8.52. The van der Waals surface area contributed by atoms with Gasteiger partial charge in [0.15, 0.2) is 11.6 Å². The molecule has 0 aliphatic heterocycles. The van der Waals surface area contributed by atoms with Crippen molar-refractivity contribution >= 4 is 28.8 Å². The van der Waals surface area contributed by atoms with E-state index in [1.54, 1.807) is 12.1 Å². The van der Waals surface area contributed by atoms with Gasteiger partial charge < -0.3 is 5.73 Å². The van der Waals surface area contributed by atoms with Crippen LogP contribution in [0, 0.1) is 5.82 Å². The number of hydrogen-bond acceptors (Lipinski definition) is 3. The lowest BCUT2D eigenvalue weighted by atomic mass is 10.3. The Labute approximate surface area is 82.3 Å². The van der Waals surface area contributed by atoms with Gasteiger partial charge in [0.05, 0.1) is 9.21 Å². The van der Waals surface area contributed by atoms with Gasteiger partial charge in [0.1, 0.15) is 5.69 Å². The van der Waals surface area contributed by atoms with Crippen LogP contribution in [0.1, 0.15) is 0 Å². The van der Waals surface area contributed by atoms with Gasteiger partial charge in [0, 0.05) is 0 Å². The number of nitrogens with one attached hydrogen (secondary N) is 1. The van der Waals surface area contributed by atoms with Gasteiger partial charge >= 0.3 is 0 Å². The van der Waals surface area contributed by atoms with Crippen molar-refractivity contribution in [1.29, 1.82) is 0 Å². The van der Waals surface area contributed by atoms with Crippen LogP contribution in [-0.4, -0.2) is 10.2 Å². The third-order valence-electron chi connectivity index (χ3n) is 1.55. The molecule has 2 rings (SSSR count). The zero-order valence-electron chi connectivity index (χ0n) is 6.34. The van der Waals surface area contributed by atoms with E-state index in [1.807, 2.05) is 0 Å². The molecule has 13 heavy (non-hydrogen) atoms. The fraction of sp³-hybridized carbons (Fsp3) is 0. The molecule has 6 heteroatoms. The Bertz CT molecular complexity index is 437. The van der Waals surface area contributed by atoms with Crippen LogP contribution < -0.4 is 5.73 Å². The van der Waals surface area contributed by atoms with Crippen LogP contribution in [0.15, 0.2) is 12.1 Å². The molecular formula is C7H5ClFN3S. The van der Waals surface area contributed by atoms with Gasteiger partial charge in [-0.15, -0.1) is 11.3 Å². The summed E-state index contributed by atoms with van der Waals surface area (Å²) in [5.41, 5.74) is 5.53. The summed E-state index contributed by atoms with van der Waals surface area (Å²) in [7, 11) is 0. The van der Waals surface area contributed by atoms with E-state index in [2.05, 4.69) is 10.2 Å². The van der Waals surface area contributed by atoms with Crippen LogP contribution in [0.3, 0.4) is 0 Å². The third kappa shape index (κ3) is 1.40. The molecule has 0 aliphatic rings. The lowest BCUT2D eigenvalue weighted by Crippen LogP contribution is -1.86. The Morgan fingerprint density at radius 1 is 1.54 bits per heavy atom. The summed E-state index contributed by atoms with van der Waals surface area (Å²) in [6.45, 7) is 0. The number of nitrogen functional groups attached to an aromatic ring is 1. The Morgan fingerprint density at radius 2 is 2.31 bits per heavy atom. The van der Waals surface area contributed by atoms with Crippen LogP contribution in [0.2, 0.25) is 4.34 Å². The highest BCUT2D eigenvalue weighted by molar-refractivity contribution is 7.19. The van der Waals surface area contributed by atoms with E-state index in [9.17, 15) is 4.39 Å². The molecule has 0 saturated carbocycles. The minimum absolute atomic E-state index is 0.125. The molecule has 2 aromatic heterocycles. The summed E-state index contributed by atoms with van der Waals surface area (Å²) < 4.78 is 13.8. The second-order valence-corrected chi connectivity index (χ2v) is 4.12. The molecule has 68 valence electrons. The third-order valence-corrected chi connectivity index (χ3v) is 2.80. The maximum absolute atomic E-state index is 13.2. The van der Waals surface area contributed by atoms with Crippen molar-refractivity contribution < 1.29 is 4.39 Å². The van der Waals surface area contributed by atoms with E-state index in [-0.39, 0.29) is 11.5 Å². The maximum atomic E-state index is 13.2. The summed E-state index contributed by atoms with van der Waals surface area (Å²) in [5.74, 6) is -0.655. The van der Waals surface area contributed by atoms with Gasteiger partial charge in [-0.1, -0.05) is 11.6 Å². The van der Waals surface area contributed by atoms with Crippen LogP contribution in [-0.2, 0) is 0 Å². The highest BCUT2D eigenvalue weighted by Gasteiger charge is 2.13. The number of H-pyrrole nitrogens is 1. The SMILES string of the molecule is Nc1n[nH]c(-c2ccc(Cl)s2)c1F. The molecule has 3 N–H and O–H groups in total. The minimum Gasteiger partial charge on any atom is -0.380 e. The quantitative estimate of drug-likeness (QED) is 0.771. The van der Waals surface area contributed by atoms with Crippen molar-refractivity contribution in [3.05, 3.63) is 22.3 Å². The average Bonchev–Trinajstić information content (AvgIpc) is 2.62. The van der Waals surface area contributed by atoms with Crippen molar-refractivity contribution in [2.24, 2.45) is 0 Å². The summed E-state index contributed by atoms with van der Waals surface area (Å²) in [5, 5.41) is 6.05. The topological polar surface area (TPSA) is 54.7 Å². The molecule has 2 heterocycles. The van der Waals surface area contributed by atoms with Crippen molar-refractivity contribution in [1.82, 2.24) is 10.2 Å². The first-order valence-electron chi connectivity index (χ1n) is 3.43. The maximum Gasteiger partial charge on any atom is 0.193 e. The van der Waals surface area contributed by atoms with E-state index in [4.69, 9.17) is 17.3 Å². The Morgan fingerprint density at radius 3 is 2.77 bits per heavy atom.